The summed E-state index contributed by atoms with van der Waals surface area (Å²) in [7, 11) is 0. The topological polar surface area (TPSA) is 124 Å². The first-order valence-corrected chi connectivity index (χ1v) is 5.38. The number of hydrogen-bond acceptors (Lipinski definition) is 4. The van der Waals surface area contributed by atoms with E-state index in [9.17, 15) is 0 Å². The second-order valence-corrected chi connectivity index (χ2v) is 3.46. The van der Waals surface area contributed by atoms with Crippen molar-refractivity contribution in [1.29, 1.82) is 22.1 Å². The van der Waals surface area contributed by atoms with Gasteiger partial charge in [0.05, 0.1) is 0 Å². The Morgan fingerprint density at radius 3 is 1.42 bits per heavy atom. The highest BCUT2D eigenvalue weighted by molar-refractivity contribution is 5.63. The van der Waals surface area contributed by atoms with Gasteiger partial charge >= 0.3 is 0 Å². The van der Waals surface area contributed by atoms with E-state index < -0.39 is 0 Å². The summed E-state index contributed by atoms with van der Waals surface area (Å²) in [5.41, 5.74) is 25.9. The molecule has 0 saturated heterocycles. The zero-order chi connectivity index (χ0) is 14.5. The summed E-state index contributed by atoms with van der Waals surface area (Å²) < 4.78 is 0. The van der Waals surface area contributed by atoms with Crippen LogP contribution < -0.4 is 9.82 Å². The largest absolute Gasteiger partial charge is 0.211 e. The van der Waals surface area contributed by atoms with Gasteiger partial charge < -0.3 is 0 Å². The van der Waals surface area contributed by atoms with Crippen LogP contribution in [0.25, 0.3) is 11.1 Å². The van der Waals surface area contributed by atoms with Crippen molar-refractivity contribution in [3.05, 3.63) is 60.2 Å². The maximum atomic E-state index is 5.50. The fourth-order valence-corrected chi connectivity index (χ4v) is 1.38. The third-order valence-corrected chi connectivity index (χ3v) is 2.16. The molecule has 6 heteroatoms. The Morgan fingerprint density at radius 1 is 0.632 bits per heavy atom. The fourth-order valence-electron chi connectivity index (χ4n) is 1.38. The van der Waals surface area contributed by atoms with Crippen molar-refractivity contribution in [2.45, 2.75) is 6.92 Å². The molecule has 96 valence electrons. The van der Waals surface area contributed by atoms with Crippen LogP contribution in [0.1, 0.15) is 5.56 Å². The number of benzene rings is 2. The molecule has 2 aromatic carbocycles. The number of aryl methyl sites for hydroxylation is 1. The summed E-state index contributed by atoms with van der Waals surface area (Å²) in [6.45, 7) is 2.11. The first kappa shape index (κ1) is 16.1. The Balaban J connectivity index is 0.000000465. The number of rotatable bonds is 1. The quantitative estimate of drug-likeness (QED) is 0.436. The first-order valence-electron chi connectivity index (χ1n) is 5.38. The summed E-state index contributed by atoms with van der Waals surface area (Å²) in [5.74, 6) is 0. The van der Waals surface area contributed by atoms with E-state index in [1.807, 2.05) is 15.9 Å². The van der Waals surface area contributed by atoms with Crippen LogP contribution in [0.4, 0.5) is 0 Å². The molecule has 0 bridgehead atoms. The second kappa shape index (κ2) is 10.2. The molecule has 6 nitrogen and oxygen atoms in total. The molecule has 0 atom stereocenters. The Morgan fingerprint density at radius 2 is 1.00 bits per heavy atom. The average molecular weight is 256 g/mol. The third kappa shape index (κ3) is 7.07. The van der Waals surface area contributed by atoms with Crippen molar-refractivity contribution in [1.82, 2.24) is 9.82 Å². The van der Waals surface area contributed by atoms with Crippen LogP contribution >= 0.6 is 0 Å². The van der Waals surface area contributed by atoms with E-state index in [2.05, 4.69) is 55.5 Å². The summed E-state index contributed by atoms with van der Waals surface area (Å²) in [6, 6.07) is 19.0. The lowest BCUT2D eigenvalue weighted by atomic mass is 10.0. The van der Waals surface area contributed by atoms with E-state index >= 15 is 0 Å². The average Bonchev–Trinajstić information content (AvgIpc) is 2.42. The van der Waals surface area contributed by atoms with Gasteiger partial charge in [-0.05, 0) is 18.1 Å². The van der Waals surface area contributed by atoms with E-state index in [0.717, 1.165) is 0 Å². The minimum absolute atomic E-state index is 1.28. The second-order valence-electron chi connectivity index (χ2n) is 3.46. The van der Waals surface area contributed by atoms with E-state index in [4.69, 9.17) is 22.1 Å². The molecule has 0 aromatic heterocycles. The molecule has 0 aliphatic rings. The van der Waals surface area contributed by atoms with Crippen molar-refractivity contribution in [2.75, 3.05) is 0 Å². The number of hydrogen-bond donors (Lipinski definition) is 4. The van der Waals surface area contributed by atoms with Gasteiger partial charge in [0.1, 0.15) is 22.1 Å². The van der Waals surface area contributed by atoms with Gasteiger partial charge in [-0.15, -0.1) is 0 Å². The predicted molar refractivity (Wildman–Crippen MR) is 71.8 cm³/mol. The standard InChI is InChI=1S/C13H12.2H2N3/c1-11-7-9-13(10-8-11)12-5-3-2-4-6-12;2*1-3-2/h2-10H,1H3;2*1-2H/q;2*+1. The molecular formula is C13H16N6+2. The highest BCUT2D eigenvalue weighted by Crippen LogP contribution is 2.18. The zero-order valence-electron chi connectivity index (χ0n) is 10.6. The van der Waals surface area contributed by atoms with Crippen LogP contribution in [0.2, 0.25) is 0 Å². The van der Waals surface area contributed by atoms with E-state index in [0.29, 0.717) is 0 Å². The van der Waals surface area contributed by atoms with Crippen molar-refractivity contribution >= 4 is 0 Å². The minimum atomic E-state index is 1.28. The summed E-state index contributed by atoms with van der Waals surface area (Å²) in [6.07, 6.45) is 0. The molecule has 0 fully saturated rings. The minimum Gasteiger partial charge on any atom is -0.0622 e. The van der Waals surface area contributed by atoms with Gasteiger partial charge in [0.2, 0.25) is 9.82 Å². The molecule has 2 rings (SSSR count). The zero-order valence-corrected chi connectivity index (χ0v) is 10.6. The lowest BCUT2D eigenvalue weighted by molar-refractivity contribution is 0.928. The highest BCUT2D eigenvalue weighted by Gasteiger charge is 1.93. The molecule has 2 aromatic rings. The molecule has 0 unspecified atom stereocenters. The normalized spacial score (nSPS) is 7.63. The predicted octanol–water partition coefficient (Wildman–Crippen LogP) is 3.89. The maximum Gasteiger partial charge on any atom is 0.211 e. The smallest absolute Gasteiger partial charge is 0.0622 e. The molecule has 0 aliphatic heterocycles. The Labute approximate surface area is 111 Å². The van der Waals surface area contributed by atoms with Crippen molar-refractivity contribution < 1.29 is 0 Å². The monoisotopic (exact) mass is 256 g/mol. The Bertz CT molecular complexity index is 523. The SMILES string of the molecule is Cc1ccc(-c2ccccc2)cc1.N=[N+]=N.N=[N+]=N. The molecule has 0 saturated carbocycles. The molecule has 19 heavy (non-hydrogen) atoms. The van der Waals surface area contributed by atoms with Crippen molar-refractivity contribution in [2.24, 2.45) is 0 Å². The van der Waals surface area contributed by atoms with Gasteiger partial charge in [-0.3, -0.25) is 0 Å². The lowest BCUT2D eigenvalue weighted by Gasteiger charge is -2.00. The highest BCUT2D eigenvalue weighted by atomic mass is 15.0. The van der Waals surface area contributed by atoms with Crippen molar-refractivity contribution in [3.8, 4) is 11.1 Å². The molecule has 0 heterocycles. The molecular weight excluding hydrogens is 240 g/mol. The molecule has 0 amide bonds. The van der Waals surface area contributed by atoms with E-state index in [1.165, 1.54) is 16.7 Å². The van der Waals surface area contributed by atoms with Crippen LogP contribution in [0.3, 0.4) is 0 Å². The molecule has 0 spiro atoms. The van der Waals surface area contributed by atoms with Crippen LogP contribution in [-0.2, 0) is 0 Å². The maximum absolute atomic E-state index is 5.50. The van der Waals surface area contributed by atoms with Crippen LogP contribution in [0, 0.1) is 29.0 Å². The molecule has 4 N–H and O–H groups in total. The fraction of sp³-hybridized carbons (Fsp3) is 0.0769. The van der Waals surface area contributed by atoms with Gasteiger partial charge in [0.15, 0.2) is 0 Å². The van der Waals surface area contributed by atoms with Crippen LogP contribution in [0.15, 0.2) is 54.6 Å². The third-order valence-electron chi connectivity index (χ3n) is 2.16. The van der Waals surface area contributed by atoms with Crippen molar-refractivity contribution in [3.63, 3.8) is 0 Å². The number of nitrogens with zero attached hydrogens (tertiary/aromatic N) is 2. The summed E-state index contributed by atoms with van der Waals surface area (Å²) >= 11 is 0. The van der Waals surface area contributed by atoms with Gasteiger partial charge in [0.25, 0.3) is 0 Å². The molecule has 0 radical (unpaired) electrons. The first-order chi connectivity index (χ1) is 9.19. The molecule has 0 aliphatic carbocycles. The van der Waals surface area contributed by atoms with Gasteiger partial charge in [0, 0.05) is 0 Å². The van der Waals surface area contributed by atoms with E-state index in [1.54, 1.807) is 0 Å². The van der Waals surface area contributed by atoms with Gasteiger partial charge in [-0.25, -0.2) is 0 Å². The van der Waals surface area contributed by atoms with E-state index in [-0.39, 0.29) is 0 Å². The number of nitrogens with one attached hydrogen (secondary N) is 4. The summed E-state index contributed by atoms with van der Waals surface area (Å²) in [4.78, 5) is 4.00. The lowest BCUT2D eigenvalue weighted by Crippen LogP contribution is -1.76. The van der Waals surface area contributed by atoms with Crippen LogP contribution in [-0.4, -0.2) is 0 Å². The Kier molecular flexibility index (Phi) is 8.65. The van der Waals surface area contributed by atoms with Crippen LogP contribution in [0.5, 0.6) is 0 Å². The summed E-state index contributed by atoms with van der Waals surface area (Å²) in [5, 5.41) is 0. The van der Waals surface area contributed by atoms with Gasteiger partial charge in [-0.2, -0.15) is 0 Å². The Hall–Kier alpha value is -2.94. The van der Waals surface area contributed by atoms with Gasteiger partial charge in [-0.1, -0.05) is 60.2 Å².